The maximum atomic E-state index is 11.8. The van der Waals surface area contributed by atoms with Gasteiger partial charge in [-0.25, -0.2) is 0 Å². The van der Waals surface area contributed by atoms with Gasteiger partial charge in [-0.2, -0.15) is 0 Å². The van der Waals surface area contributed by atoms with E-state index in [-0.39, 0.29) is 6.04 Å². The first-order valence-corrected chi connectivity index (χ1v) is 10.8. The van der Waals surface area contributed by atoms with Crippen molar-refractivity contribution in [3.05, 3.63) is 58.8 Å². The van der Waals surface area contributed by atoms with Crippen molar-refractivity contribution in [1.29, 1.82) is 0 Å². The van der Waals surface area contributed by atoms with E-state index in [1.165, 1.54) is 27.6 Å². The Balaban J connectivity index is 1.65. The second kappa shape index (κ2) is 8.82. The molecule has 5 heteroatoms. The number of methoxy groups -OCH3 is 1. The number of H-pyrrole nitrogens is 1. The van der Waals surface area contributed by atoms with E-state index in [9.17, 15) is 4.79 Å². The molecule has 5 nitrogen and oxygen atoms in total. The summed E-state index contributed by atoms with van der Waals surface area (Å²) in [7, 11) is 1.69. The topological polar surface area (TPSA) is 54.6 Å². The van der Waals surface area contributed by atoms with Gasteiger partial charge in [0.05, 0.1) is 19.8 Å². The van der Waals surface area contributed by atoms with Crippen LogP contribution in [0, 0.1) is 0 Å². The number of hydrogen-bond acceptors (Lipinski definition) is 3. The molecule has 1 aliphatic rings. The first-order chi connectivity index (χ1) is 14.7. The van der Waals surface area contributed by atoms with Crippen molar-refractivity contribution in [3.63, 3.8) is 0 Å². The second-order valence-electron chi connectivity index (χ2n) is 7.82. The summed E-state index contributed by atoms with van der Waals surface area (Å²) in [6.07, 6.45) is 6.66. The zero-order valence-corrected chi connectivity index (χ0v) is 18.0. The summed E-state index contributed by atoms with van der Waals surface area (Å²) in [5, 5.41) is 1.18. The van der Waals surface area contributed by atoms with Crippen LogP contribution in [0.5, 0.6) is 11.5 Å². The molecule has 1 N–H and O–H groups in total. The minimum absolute atomic E-state index is 0.0620. The van der Waals surface area contributed by atoms with E-state index in [4.69, 9.17) is 9.47 Å². The van der Waals surface area contributed by atoms with Crippen LogP contribution in [-0.4, -0.2) is 36.6 Å². The Morgan fingerprint density at radius 3 is 2.80 bits per heavy atom. The quantitative estimate of drug-likeness (QED) is 0.546. The molecule has 1 aromatic heterocycles. The lowest BCUT2D eigenvalue weighted by molar-refractivity contribution is -0.120. The highest BCUT2D eigenvalue weighted by molar-refractivity contribution is 5.84. The Morgan fingerprint density at radius 1 is 1.20 bits per heavy atom. The Bertz CT molecular complexity index is 1040. The summed E-state index contributed by atoms with van der Waals surface area (Å²) in [4.78, 5) is 17.1. The maximum Gasteiger partial charge on any atom is 0.210 e. The number of aromatic amines is 1. The van der Waals surface area contributed by atoms with Gasteiger partial charge in [0.1, 0.15) is 11.5 Å². The SMILES string of the molecule is CCOc1cc2c(cc1CC)CCN(C=O)C2CCc1c[nH]c2ccc(OC)cc12. The van der Waals surface area contributed by atoms with Gasteiger partial charge in [0.15, 0.2) is 0 Å². The van der Waals surface area contributed by atoms with Crippen LogP contribution in [-0.2, 0) is 24.1 Å². The maximum absolute atomic E-state index is 11.8. The fourth-order valence-corrected chi connectivity index (χ4v) is 4.60. The number of carbonyl (C=O) groups excluding carboxylic acids is 1. The molecular weight excluding hydrogens is 376 g/mol. The number of benzene rings is 2. The molecule has 0 spiro atoms. The summed E-state index contributed by atoms with van der Waals surface area (Å²) in [5.74, 6) is 1.81. The Morgan fingerprint density at radius 2 is 2.07 bits per heavy atom. The Kier molecular flexibility index (Phi) is 5.98. The van der Waals surface area contributed by atoms with Gasteiger partial charge in [-0.3, -0.25) is 4.79 Å². The highest BCUT2D eigenvalue weighted by Crippen LogP contribution is 2.37. The van der Waals surface area contributed by atoms with E-state index >= 15 is 0 Å². The fourth-order valence-electron chi connectivity index (χ4n) is 4.60. The molecule has 30 heavy (non-hydrogen) atoms. The van der Waals surface area contributed by atoms with Crippen LogP contribution in [0.1, 0.15) is 48.6 Å². The van der Waals surface area contributed by atoms with E-state index in [0.29, 0.717) is 6.61 Å². The van der Waals surface area contributed by atoms with Gasteiger partial charge in [0, 0.05) is 23.6 Å². The first-order valence-electron chi connectivity index (χ1n) is 10.8. The number of rotatable bonds is 8. The molecule has 0 aliphatic carbocycles. The van der Waals surface area contributed by atoms with Gasteiger partial charge in [-0.1, -0.05) is 13.0 Å². The van der Waals surface area contributed by atoms with Gasteiger partial charge >= 0.3 is 0 Å². The van der Waals surface area contributed by atoms with Crippen LogP contribution in [0.2, 0.25) is 0 Å². The molecule has 0 radical (unpaired) electrons. The Labute approximate surface area is 178 Å². The smallest absolute Gasteiger partial charge is 0.210 e. The zero-order chi connectivity index (χ0) is 21.1. The highest BCUT2D eigenvalue weighted by atomic mass is 16.5. The lowest BCUT2D eigenvalue weighted by Gasteiger charge is -2.35. The molecule has 0 bridgehead atoms. The molecule has 1 unspecified atom stereocenters. The highest BCUT2D eigenvalue weighted by Gasteiger charge is 2.28. The predicted molar refractivity (Wildman–Crippen MR) is 119 cm³/mol. The number of aromatic nitrogens is 1. The number of nitrogens with zero attached hydrogens (tertiary/aromatic N) is 1. The van der Waals surface area contributed by atoms with Crippen molar-refractivity contribution in [2.75, 3.05) is 20.3 Å². The third-order valence-corrected chi connectivity index (χ3v) is 6.20. The molecule has 1 atom stereocenters. The van der Waals surface area contributed by atoms with E-state index < -0.39 is 0 Å². The third-order valence-electron chi connectivity index (χ3n) is 6.20. The normalized spacial score (nSPS) is 15.8. The zero-order valence-electron chi connectivity index (χ0n) is 18.0. The standard InChI is InChI=1S/C25H30N2O3/c1-4-17-12-18-10-11-27(16-28)24(22(18)14-25(17)30-5-2)9-6-19-15-26-23-8-7-20(29-3)13-21(19)23/h7-8,12-16,24,26H,4-6,9-11H2,1-3H3. The lowest BCUT2D eigenvalue weighted by Crippen LogP contribution is -2.34. The molecular formula is C25H30N2O3. The van der Waals surface area contributed by atoms with Crippen molar-refractivity contribution < 1.29 is 14.3 Å². The molecule has 0 fully saturated rings. The van der Waals surface area contributed by atoms with Gasteiger partial charge in [0.2, 0.25) is 6.41 Å². The molecule has 158 valence electrons. The van der Waals surface area contributed by atoms with Crippen LogP contribution < -0.4 is 9.47 Å². The molecule has 2 aromatic carbocycles. The molecule has 1 amide bonds. The van der Waals surface area contributed by atoms with Crippen molar-refractivity contribution >= 4 is 17.3 Å². The number of ether oxygens (including phenoxy) is 2. The summed E-state index contributed by atoms with van der Waals surface area (Å²) >= 11 is 0. The number of fused-ring (bicyclic) bond motifs is 2. The second-order valence-corrected chi connectivity index (χ2v) is 7.82. The van der Waals surface area contributed by atoms with Gasteiger partial charge < -0.3 is 19.4 Å². The largest absolute Gasteiger partial charge is 0.497 e. The molecule has 3 aromatic rings. The number of hydrogen-bond donors (Lipinski definition) is 1. The average Bonchev–Trinajstić information content (AvgIpc) is 3.19. The van der Waals surface area contributed by atoms with Crippen LogP contribution >= 0.6 is 0 Å². The van der Waals surface area contributed by atoms with Crippen molar-refractivity contribution in [3.8, 4) is 11.5 Å². The number of carbonyl (C=O) groups is 1. The van der Waals surface area contributed by atoms with Crippen molar-refractivity contribution in [2.24, 2.45) is 0 Å². The number of aryl methyl sites for hydroxylation is 2. The molecule has 0 saturated carbocycles. The Hall–Kier alpha value is -2.95. The molecule has 4 rings (SSSR count). The van der Waals surface area contributed by atoms with Crippen molar-refractivity contribution in [2.45, 2.75) is 45.6 Å². The molecule has 1 aliphatic heterocycles. The van der Waals surface area contributed by atoms with Crippen LogP contribution in [0.25, 0.3) is 10.9 Å². The third kappa shape index (κ3) is 3.76. The number of amides is 1. The molecule has 0 saturated heterocycles. The first kappa shape index (κ1) is 20.3. The minimum Gasteiger partial charge on any atom is -0.497 e. The van der Waals surface area contributed by atoms with E-state index in [1.54, 1.807) is 7.11 Å². The van der Waals surface area contributed by atoms with E-state index in [2.05, 4.69) is 36.3 Å². The fraction of sp³-hybridized carbons (Fsp3) is 0.400. The van der Waals surface area contributed by atoms with Gasteiger partial charge in [-0.05, 0) is 79.1 Å². The van der Waals surface area contributed by atoms with Gasteiger partial charge in [0.25, 0.3) is 0 Å². The summed E-state index contributed by atoms with van der Waals surface area (Å²) < 4.78 is 11.3. The number of nitrogens with one attached hydrogen (secondary N) is 1. The van der Waals surface area contributed by atoms with E-state index in [1.807, 2.05) is 24.0 Å². The minimum atomic E-state index is 0.0620. The van der Waals surface area contributed by atoms with Gasteiger partial charge in [-0.15, -0.1) is 0 Å². The summed E-state index contributed by atoms with van der Waals surface area (Å²) in [5.41, 5.74) is 6.17. The van der Waals surface area contributed by atoms with Crippen LogP contribution in [0.4, 0.5) is 0 Å². The summed E-state index contributed by atoms with van der Waals surface area (Å²) in [6, 6.07) is 10.6. The summed E-state index contributed by atoms with van der Waals surface area (Å²) in [6.45, 7) is 5.58. The predicted octanol–water partition coefficient (Wildman–Crippen LogP) is 4.83. The van der Waals surface area contributed by atoms with Crippen LogP contribution in [0.3, 0.4) is 0 Å². The molecule has 2 heterocycles. The lowest BCUT2D eigenvalue weighted by atomic mass is 9.87. The monoisotopic (exact) mass is 406 g/mol. The van der Waals surface area contributed by atoms with Crippen molar-refractivity contribution in [1.82, 2.24) is 9.88 Å². The average molecular weight is 407 g/mol. The van der Waals surface area contributed by atoms with Crippen LogP contribution in [0.15, 0.2) is 36.5 Å². The van der Waals surface area contributed by atoms with E-state index in [0.717, 1.165) is 55.7 Å².